The number of rotatable bonds is 6. The molecule has 0 spiro atoms. The lowest BCUT2D eigenvalue weighted by atomic mass is 10.2. The number of halogens is 1. The summed E-state index contributed by atoms with van der Waals surface area (Å²) in [7, 11) is -2.17. The van der Waals surface area contributed by atoms with Gasteiger partial charge in [0.25, 0.3) is 5.91 Å². The van der Waals surface area contributed by atoms with E-state index in [1.54, 1.807) is 13.8 Å². The van der Waals surface area contributed by atoms with Crippen LogP contribution in [0.3, 0.4) is 0 Å². The van der Waals surface area contributed by atoms with Gasteiger partial charge in [-0.05, 0) is 44.9 Å². The first kappa shape index (κ1) is 19.2. The standard InChI is InChI=1S/C16H23ClN2O4S/c1-11(2)19(3)24(21,22)13-6-7-15(17)14(9-13)16(20)18-10-12-5-4-8-23-12/h6-7,9,11-12H,4-5,8,10H2,1-3H3,(H,18,20). The van der Waals surface area contributed by atoms with Gasteiger partial charge in [-0.1, -0.05) is 11.6 Å². The zero-order chi connectivity index (χ0) is 17.9. The second kappa shape index (κ2) is 7.82. The van der Waals surface area contributed by atoms with E-state index in [1.165, 1.54) is 29.6 Å². The molecule has 1 heterocycles. The predicted molar refractivity (Wildman–Crippen MR) is 92.8 cm³/mol. The molecular weight excluding hydrogens is 352 g/mol. The van der Waals surface area contributed by atoms with E-state index < -0.39 is 15.9 Å². The summed E-state index contributed by atoms with van der Waals surface area (Å²) >= 11 is 6.08. The zero-order valence-electron chi connectivity index (χ0n) is 14.1. The fraction of sp³-hybridized carbons (Fsp3) is 0.562. The second-order valence-corrected chi connectivity index (χ2v) is 8.51. The lowest BCUT2D eigenvalue weighted by Crippen LogP contribution is -2.34. The lowest BCUT2D eigenvalue weighted by Gasteiger charge is -2.21. The smallest absolute Gasteiger partial charge is 0.252 e. The summed E-state index contributed by atoms with van der Waals surface area (Å²) in [5, 5.41) is 2.97. The zero-order valence-corrected chi connectivity index (χ0v) is 15.7. The van der Waals surface area contributed by atoms with E-state index in [1.807, 2.05) is 0 Å². The van der Waals surface area contributed by atoms with Crippen LogP contribution in [0, 0.1) is 0 Å². The number of nitrogens with zero attached hydrogens (tertiary/aromatic N) is 1. The third kappa shape index (κ3) is 4.27. The first-order valence-corrected chi connectivity index (χ1v) is 9.72. The molecule has 1 aromatic carbocycles. The maximum atomic E-state index is 12.6. The molecule has 1 aliphatic heterocycles. The number of hydrogen-bond acceptors (Lipinski definition) is 4. The summed E-state index contributed by atoms with van der Waals surface area (Å²) < 4.78 is 31.8. The van der Waals surface area contributed by atoms with Crippen molar-refractivity contribution in [1.29, 1.82) is 0 Å². The Morgan fingerprint density at radius 1 is 1.46 bits per heavy atom. The number of nitrogens with one attached hydrogen (secondary N) is 1. The van der Waals surface area contributed by atoms with Gasteiger partial charge < -0.3 is 10.1 Å². The Kier molecular flexibility index (Phi) is 6.25. The minimum Gasteiger partial charge on any atom is -0.376 e. The highest BCUT2D eigenvalue weighted by molar-refractivity contribution is 7.89. The highest BCUT2D eigenvalue weighted by atomic mass is 35.5. The number of carbonyl (C=O) groups excluding carboxylic acids is 1. The molecule has 0 bridgehead atoms. The Labute approximate surface area is 148 Å². The largest absolute Gasteiger partial charge is 0.376 e. The van der Waals surface area contributed by atoms with E-state index in [2.05, 4.69) is 5.32 Å². The highest BCUT2D eigenvalue weighted by Crippen LogP contribution is 2.23. The lowest BCUT2D eigenvalue weighted by molar-refractivity contribution is 0.0857. The average Bonchev–Trinajstić information content (AvgIpc) is 3.05. The molecule has 1 atom stereocenters. The molecule has 8 heteroatoms. The summed E-state index contributed by atoms with van der Waals surface area (Å²) in [5.74, 6) is -0.403. The second-order valence-electron chi connectivity index (χ2n) is 6.10. The van der Waals surface area contributed by atoms with Crippen LogP contribution >= 0.6 is 11.6 Å². The molecular formula is C16H23ClN2O4S. The molecule has 0 aromatic heterocycles. The summed E-state index contributed by atoms with van der Waals surface area (Å²) in [4.78, 5) is 12.4. The summed E-state index contributed by atoms with van der Waals surface area (Å²) in [6.07, 6.45) is 1.89. The van der Waals surface area contributed by atoms with Crippen molar-refractivity contribution in [3.63, 3.8) is 0 Å². The van der Waals surface area contributed by atoms with Crippen LogP contribution in [-0.4, -0.2) is 51.0 Å². The van der Waals surface area contributed by atoms with Gasteiger partial charge in [0.1, 0.15) is 0 Å². The van der Waals surface area contributed by atoms with Gasteiger partial charge in [-0.2, -0.15) is 4.31 Å². The maximum absolute atomic E-state index is 12.6. The fourth-order valence-electron chi connectivity index (χ4n) is 2.39. The minimum absolute atomic E-state index is 0.00622. The number of ether oxygens (including phenoxy) is 1. The quantitative estimate of drug-likeness (QED) is 0.828. The van der Waals surface area contributed by atoms with Gasteiger partial charge in [0.15, 0.2) is 0 Å². The van der Waals surface area contributed by atoms with Crippen molar-refractivity contribution in [2.45, 2.75) is 43.7 Å². The molecule has 1 aromatic rings. The van der Waals surface area contributed by atoms with Crippen LogP contribution < -0.4 is 5.32 Å². The number of amides is 1. The number of hydrogen-bond donors (Lipinski definition) is 1. The van der Waals surface area contributed by atoms with Gasteiger partial charge in [-0.15, -0.1) is 0 Å². The molecule has 0 saturated carbocycles. The first-order valence-electron chi connectivity index (χ1n) is 7.91. The Morgan fingerprint density at radius 2 is 2.17 bits per heavy atom. The van der Waals surface area contributed by atoms with Crippen molar-refractivity contribution in [2.24, 2.45) is 0 Å². The summed E-state index contributed by atoms with van der Waals surface area (Å²) in [5.41, 5.74) is 0.146. The Morgan fingerprint density at radius 3 is 2.75 bits per heavy atom. The van der Waals surface area contributed by atoms with E-state index in [4.69, 9.17) is 16.3 Å². The van der Waals surface area contributed by atoms with E-state index >= 15 is 0 Å². The van der Waals surface area contributed by atoms with Crippen LogP contribution in [0.15, 0.2) is 23.1 Å². The third-order valence-corrected chi connectivity index (χ3v) is 6.46. The third-order valence-electron chi connectivity index (χ3n) is 4.10. The molecule has 1 amide bonds. The van der Waals surface area contributed by atoms with Crippen LogP contribution in [0.5, 0.6) is 0 Å². The van der Waals surface area contributed by atoms with Gasteiger partial charge in [0.2, 0.25) is 10.0 Å². The molecule has 134 valence electrons. The first-order chi connectivity index (χ1) is 11.2. The monoisotopic (exact) mass is 374 g/mol. The van der Waals surface area contributed by atoms with Gasteiger partial charge in [0, 0.05) is 26.2 Å². The van der Waals surface area contributed by atoms with Crippen molar-refractivity contribution in [3.05, 3.63) is 28.8 Å². The molecule has 2 rings (SSSR count). The normalized spacial score (nSPS) is 18.3. The molecule has 0 radical (unpaired) electrons. The number of carbonyl (C=O) groups is 1. The molecule has 6 nitrogen and oxygen atoms in total. The van der Waals surface area contributed by atoms with Crippen LogP contribution in [0.2, 0.25) is 5.02 Å². The van der Waals surface area contributed by atoms with E-state index in [9.17, 15) is 13.2 Å². The Bertz CT molecular complexity index is 700. The van der Waals surface area contributed by atoms with Crippen LogP contribution in [0.1, 0.15) is 37.0 Å². The van der Waals surface area contributed by atoms with E-state index in [0.717, 1.165) is 12.8 Å². The molecule has 1 saturated heterocycles. The van der Waals surface area contributed by atoms with E-state index in [0.29, 0.717) is 13.2 Å². The van der Waals surface area contributed by atoms with Crippen molar-refractivity contribution in [3.8, 4) is 0 Å². The molecule has 0 aliphatic carbocycles. The van der Waals surface area contributed by atoms with E-state index in [-0.39, 0.29) is 27.6 Å². The summed E-state index contributed by atoms with van der Waals surface area (Å²) in [6.45, 7) is 4.65. The number of benzene rings is 1. The molecule has 1 fully saturated rings. The van der Waals surface area contributed by atoms with Crippen LogP contribution in [0.25, 0.3) is 0 Å². The molecule has 1 N–H and O–H groups in total. The van der Waals surface area contributed by atoms with Crippen molar-refractivity contribution >= 4 is 27.5 Å². The molecule has 24 heavy (non-hydrogen) atoms. The SMILES string of the molecule is CC(C)N(C)S(=O)(=O)c1ccc(Cl)c(C(=O)NCC2CCCO2)c1. The van der Waals surface area contributed by atoms with Crippen molar-refractivity contribution in [2.75, 3.05) is 20.2 Å². The Balaban J connectivity index is 2.20. The van der Waals surface area contributed by atoms with Crippen molar-refractivity contribution < 1.29 is 17.9 Å². The van der Waals surface area contributed by atoms with Crippen LogP contribution in [0.4, 0.5) is 0 Å². The van der Waals surface area contributed by atoms with Gasteiger partial charge in [0.05, 0.1) is 21.6 Å². The molecule has 1 unspecified atom stereocenters. The van der Waals surface area contributed by atoms with Crippen molar-refractivity contribution in [1.82, 2.24) is 9.62 Å². The van der Waals surface area contributed by atoms with Gasteiger partial charge in [-0.3, -0.25) is 4.79 Å². The molecule has 1 aliphatic rings. The predicted octanol–water partition coefficient (Wildman–Crippen LogP) is 2.28. The minimum atomic E-state index is -3.67. The van der Waals surface area contributed by atoms with Gasteiger partial charge >= 0.3 is 0 Å². The van der Waals surface area contributed by atoms with Crippen LogP contribution in [-0.2, 0) is 14.8 Å². The fourth-order valence-corrected chi connectivity index (χ4v) is 3.99. The maximum Gasteiger partial charge on any atom is 0.252 e. The topological polar surface area (TPSA) is 75.7 Å². The summed E-state index contributed by atoms with van der Waals surface area (Å²) in [6, 6.07) is 3.97. The number of sulfonamides is 1. The Hall–Kier alpha value is -1.15. The highest BCUT2D eigenvalue weighted by Gasteiger charge is 2.25. The average molecular weight is 375 g/mol. The van der Waals surface area contributed by atoms with Gasteiger partial charge in [-0.25, -0.2) is 8.42 Å².